The molecular weight excluding hydrogens is 294 g/mol. The number of hydrogen-bond acceptors (Lipinski definition) is 3. The van der Waals surface area contributed by atoms with Crippen molar-refractivity contribution in [1.29, 1.82) is 0 Å². The SMILES string of the molecule is CC1CCN(C(=O)Cc2cccc(OC(C)C)c2)C(C(=O)O)C1. The van der Waals surface area contributed by atoms with Crippen molar-refractivity contribution in [1.82, 2.24) is 4.90 Å². The van der Waals surface area contributed by atoms with Gasteiger partial charge in [0.25, 0.3) is 0 Å². The van der Waals surface area contributed by atoms with Gasteiger partial charge in [0.15, 0.2) is 0 Å². The Morgan fingerprint density at radius 2 is 2.13 bits per heavy atom. The summed E-state index contributed by atoms with van der Waals surface area (Å²) in [6, 6.07) is 6.72. The number of carboxylic acids is 1. The third kappa shape index (κ3) is 4.71. The van der Waals surface area contributed by atoms with Gasteiger partial charge in [0.1, 0.15) is 11.8 Å². The Kier molecular flexibility index (Phi) is 5.64. The molecule has 126 valence electrons. The predicted molar refractivity (Wildman–Crippen MR) is 87.4 cm³/mol. The summed E-state index contributed by atoms with van der Waals surface area (Å²) in [5.41, 5.74) is 0.843. The van der Waals surface area contributed by atoms with Gasteiger partial charge < -0.3 is 14.7 Å². The first kappa shape index (κ1) is 17.3. The molecule has 5 nitrogen and oxygen atoms in total. The van der Waals surface area contributed by atoms with Gasteiger partial charge in [-0.2, -0.15) is 0 Å². The van der Waals surface area contributed by atoms with Gasteiger partial charge in [-0.25, -0.2) is 4.79 Å². The number of nitrogens with zero attached hydrogens (tertiary/aromatic N) is 1. The van der Waals surface area contributed by atoms with Crippen molar-refractivity contribution in [2.24, 2.45) is 5.92 Å². The van der Waals surface area contributed by atoms with Gasteiger partial charge >= 0.3 is 5.97 Å². The average Bonchev–Trinajstić information content (AvgIpc) is 2.46. The number of likely N-dealkylation sites (tertiary alicyclic amines) is 1. The first-order valence-corrected chi connectivity index (χ1v) is 8.14. The minimum atomic E-state index is -0.915. The third-order valence-corrected chi connectivity index (χ3v) is 4.10. The number of piperidine rings is 1. The first-order valence-electron chi connectivity index (χ1n) is 8.14. The Labute approximate surface area is 137 Å². The monoisotopic (exact) mass is 319 g/mol. The highest BCUT2D eigenvalue weighted by molar-refractivity contribution is 5.85. The van der Waals surface area contributed by atoms with Crippen molar-refractivity contribution < 1.29 is 19.4 Å². The van der Waals surface area contributed by atoms with E-state index in [1.807, 2.05) is 45.0 Å². The van der Waals surface area contributed by atoms with E-state index in [2.05, 4.69) is 0 Å². The molecular formula is C18H25NO4. The lowest BCUT2D eigenvalue weighted by molar-refractivity contribution is -0.152. The second-order valence-corrected chi connectivity index (χ2v) is 6.56. The number of ether oxygens (including phenoxy) is 1. The fraction of sp³-hybridized carbons (Fsp3) is 0.556. The average molecular weight is 319 g/mol. The quantitative estimate of drug-likeness (QED) is 0.906. The summed E-state index contributed by atoms with van der Waals surface area (Å²) >= 11 is 0. The van der Waals surface area contributed by atoms with E-state index in [1.165, 1.54) is 4.90 Å². The van der Waals surface area contributed by atoms with Gasteiger partial charge in [0.2, 0.25) is 5.91 Å². The molecule has 1 aliphatic rings. The largest absolute Gasteiger partial charge is 0.491 e. The van der Waals surface area contributed by atoms with Crippen LogP contribution in [0.15, 0.2) is 24.3 Å². The van der Waals surface area contributed by atoms with Crippen LogP contribution in [-0.2, 0) is 16.0 Å². The van der Waals surface area contributed by atoms with E-state index in [0.717, 1.165) is 17.7 Å². The predicted octanol–water partition coefficient (Wildman–Crippen LogP) is 2.73. The van der Waals surface area contributed by atoms with Crippen LogP contribution in [0.1, 0.15) is 39.2 Å². The fourth-order valence-corrected chi connectivity index (χ4v) is 2.95. The summed E-state index contributed by atoms with van der Waals surface area (Å²) in [7, 11) is 0. The number of benzene rings is 1. The molecule has 1 aliphatic heterocycles. The van der Waals surface area contributed by atoms with Gasteiger partial charge in [-0.15, -0.1) is 0 Å². The molecule has 2 unspecified atom stereocenters. The highest BCUT2D eigenvalue weighted by atomic mass is 16.5. The van der Waals surface area contributed by atoms with Gasteiger partial charge in [-0.3, -0.25) is 4.79 Å². The molecule has 1 saturated heterocycles. The summed E-state index contributed by atoms with van der Waals surface area (Å²) in [5.74, 6) is 0.0167. The summed E-state index contributed by atoms with van der Waals surface area (Å²) < 4.78 is 5.64. The summed E-state index contributed by atoms with van der Waals surface area (Å²) in [6.45, 7) is 6.44. The Morgan fingerprint density at radius 3 is 2.78 bits per heavy atom. The number of carbonyl (C=O) groups excluding carboxylic acids is 1. The summed E-state index contributed by atoms with van der Waals surface area (Å²) in [4.78, 5) is 25.5. The van der Waals surface area contributed by atoms with E-state index in [1.54, 1.807) is 0 Å². The minimum absolute atomic E-state index is 0.0703. The lowest BCUT2D eigenvalue weighted by atomic mass is 9.92. The Balaban J connectivity index is 2.07. The number of aliphatic carboxylic acids is 1. The topological polar surface area (TPSA) is 66.8 Å². The zero-order chi connectivity index (χ0) is 17.0. The molecule has 1 amide bonds. The highest BCUT2D eigenvalue weighted by Crippen LogP contribution is 2.24. The number of hydrogen-bond donors (Lipinski definition) is 1. The third-order valence-electron chi connectivity index (χ3n) is 4.10. The Morgan fingerprint density at radius 1 is 1.39 bits per heavy atom. The molecule has 1 N–H and O–H groups in total. The van der Waals surface area contributed by atoms with Crippen LogP contribution in [0.2, 0.25) is 0 Å². The van der Waals surface area contributed by atoms with Crippen molar-refractivity contribution in [3.8, 4) is 5.75 Å². The zero-order valence-electron chi connectivity index (χ0n) is 14.0. The second kappa shape index (κ2) is 7.49. The van der Waals surface area contributed by atoms with E-state index in [4.69, 9.17) is 4.74 Å². The maximum Gasteiger partial charge on any atom is 0.326 e. The van der Waals surface area contributed by atoms with Crippen LogP contribution in [0.3, 0.4) is 0 Å². The standard InChI is InChI=1S/C18H25NO4/c1-12(2)23-15-6-4-5-14(10-15)11-17(20)19-8-7-13(3)9-16(19)18(21)22/h4-6,10,12-13,16H,7-9,11H2,1-3H3,(H,21,22). The summed E-state index contributed by atoms with van der Waals surface area (Å²) in [5, 5.41) is 9.37. The van der Waals surface area contributed by atoms with E-state index in [9.17, 15) is 14.7 Å². The van der Waals surface area contributed by atoms with E-state index < -0.39 is 12.0 Å². The van der Waals surface area contributed by atoms with E-state index in [-0.39, 0.29) is 18.4 Å². The van der Waals surface area contributed by atoms with E-state index >= 15 is 0 Å². The van der Waals surface area contributed by atoms with Gasteiger partial charge in [0, 0.05) is 6.54 Å². The van der Waals surface area contributed by atoms with Crippen molar-refractivity contribution in [2.75, 3.05) is 6.54 Å². The Bertz CT molecular complexity index is 570. The molecule has 0 saturated carbocycles. The minimum Gasteiger partial charge on any atom is -0.491 e. The lowest BCUT2D eigenvalue weighted by Crippen LogP contribution is -2.50. The molecule has 1 heterocycles. The molecule has 0 bridgehead atoms. The number of rotatable bonds is 5. The normalized spacial score (nSPS) is 21.3. The lowest BCUT2D eigenvalue weighted by Gasteiger charge is -2.36. The molecule has 2 rings (SSSR count). The molecule has 5 heteroatoms. The van der Waals surface area contributed by atoms with Gasteiger partial charge in [-0.05, 0) is 50.3 Å². The van der Waals surface area contributed by atoms with Crippen molar-refractivity contribution in [2.45, 2.75) is 52.2 Å². The molecule has 0 spiro atoms. The van der Waals surface area contributed by atoms with Gasteiger partial charge in [-0.1, -0.05) is 19.1 Å². The van der Waals surface area contributed by atoms with Crippen molar-refractivity contribution in [3.63, 3.8) is 0 Å². The first-order chi connectivity index (χ1) is 10.9. The molecule has 0 aliphatic carbocycles. The molecule has 23 heavy (non-hydrogen) atoms. The maximum absolute atomic E-state index is 12.5. The molecule has 2 atom stereocenters. The van der Waals surface area contributed by atoms with Crippen molar-refractivity contribution >= 4 is 11.9 Å². The zero-order valence-corrected chi connectivity index (χ0v) is 14.0. The maximum atomic E-state index is 12.5. The molecule has 1 aromatic rings. The van der Waals surface area contributed by atoms with Crippen molar-refractivity contribution in [3.05, 3.63) is 29.8 Å². The van der Waals surface area contributed by atoms with Crippen LogP contribution in [0.5, 0.6) is 5.75 Å². The highest BCUT2D eigenvalue weighted by Gasteiger charge is 2.34. The van der Waals surface area contributed by atoms with Crippen LogP contribution < -0.4 is 4.74 Å². The second-order valence-electron chi connectivity index (χ2n) is 6.56. The van der Waals surface area contributed by atoms with Crippen LogP contribution >= 0.6 is 0 Å². The smallest absolute Gasteiger partial charge is 0.326 e. The van der Waals surface area contributed by atoms with Crippen LogP contribution in [-0.4, -0.2) is 40.6 Å². The number of amides is 1. The van der Waals surface area contributed by atoms with E-state index in [0.29, 0.717) is 18.9 Å². The molecule has 0 aromatic heterocycles. The van der Waals surface area contributed by atoms with Crippen LogP contribution in [0.25, 0.3) is 0 Å². The molecule has 0 radical (unpaired) electrons. The number of carboxylic acid groups (broad SMARTS) is 1. The van der Waals surface area contributed by atoms with Crippen LogP contribution in [0.4, 0.5) is 0 Å². The van der Waals surface area contributed by atoms with Crippen LogP contribution in [0, 0.1) is 5.92 Å². The number of carbonyl (C=O) groups is 2. The summed E-state index contributed by atoms with van der Waals surface area (Å²) in [6.07, 6.45) is 1.65. The molecule has 1 fully saturated rings. The molecule has 1 aromatic carbocycles. The Hall–Kier alpha value is -2.04. The van der Waals surface area contributed by atoms with Gasteiger partial charge in [0.05, 0.1) is 12.5 Å². The fourth-order valence-electron chi connectivity index (χ4n) is 2.95.